The molecular formula is C23H21ClN4S. The van der Waals surface area contributed by atoms with Crippen molar-refractivity contribution in [2.75, 3.05) is 37.6 Å². The fraction of sp³-hybridized carbons (Fsp3) is 0.217. The van der Waals surface area contributed by atoms with E-state index in [2.05, 4.69) is 63.3 Å². The number of pyridine rings is 1. The van der Waals surface area contributed by atoms with Gasteiger partial charge in [-0.15, -0.1) is 0 Å². The largest absolute Gasteiger partial charge is 0.352 e. The van der Waals surface area contributed by atoms with Crippen LogP contribution in [0.5, 0.6) is 0 Å². The first-order valence-electron chi connectivity index (χ1n) is 9.79. The second kappa shape index (κ2) is 8.09. The molecular weight excluding hydrogens is 400 g/mol. The van der Waals surface area contributed by atoms with E-state index in [1.54, 1.807) is 18.0 Å². The quantitative estimate of drug-likeness (QED) is 0.573. The van der Waals surface area contributed by atoms with Gasteiger partial charge in [0.2, 0.25) is 0 Å². The van der Waals surface area contributed by atoms with Gasteiger partial charge < -0.3 is 9.80 Å². The van der Waals surface area contributed by atoms with Crippen LogP contribution in [0.4, 0.5) is 5.82 Å². The van der Waals surface area contributed by atoms with Crippen LogP contribution < -0.4 is 4.90 Å². The fourth-order valence-corrected chi connectivity index (χ4v) is 5.07. The third-order valence-electron chi connectivity index (χ3n) is 5.32. The third-order valence-corrected chi connectivity index (χ3v) is 6.70. The summed E-state index contributed by atoms with van der Waals surface area (Å²) in [6.07, 6.45) is 4.09. The van der Waals surface area contributed by atoms with Crippen molar-refractivity contribution in [2.45, 2.75) is 0 Å². The van der Waals surface area contributed by atoms with Crippen LogP contribution in [0.2, 0.25) is 5.02 Å². The number of rotatable bonds is 2. The van der Waals surface area contributed by atoms with Crippen LogP contribution in [0.15, 0.2) is 70.7 Å². The molecule has 0 saturated carbocycles. The maximum absolute atomic E-state index is 6.31. The number of piperazine rings is 1. The number of benzene rings is 2. The smallest absolute Gasteiger partial charge is 0.164 e. The lowest BCUT2D eigenvalue weighted by atomic mass is 10.0. The van der Waals surface area contributed by atoms with Crippen molar-refractivity contribution in [1.29, 1.82) is 0 Å². The monoisotopic (exact) mass is 420 g/mol. The molecule has 0 aliphatic carbocycles. The minimum absolute atomic E-state index is 0.717. The Morgan fingerprint density at radius 2 is 1.69 bits per heavy atom. The van der Waals surface area contributed by atoms with Gasteiger partial charge in [-0.3, -0.25) is 4.99 Å². The van der Waals surface area contributed by atoms with Crippen molar-refractivity contribution in [2.24, 2.45) is 4.99 Å². The maximum atomic E-state index is 6.31. The van der Waals surface area contributed by atoms with Crippen molar-refractivity contribution in [3.63, 3.8) is 0 Å². The Labute approximate surface area is 179 Å². The number of amidine groups is 1. The summed E-state index contributed by atoms with van der Waals surface area (Å²) in [7, 11) is 0. The van der Waals surface area contributed by atoms with Gasteiger partial charge in [0.1, 0.15) is 5.82 Å². The average molecular weight is 421 g/mol. The molecule has 1 aromatic heterocycles. The number of thioether (sulfide) groups is 1. The van der Waals surface area contributed by atoms with E-state index in [1.165, 1.54) is 21.2 Å². The Bertz CT molecular complexity index is 1100. The van der Waals surface area contributed by atoms with Gasteiger partial charge in [-0.1, -0.05) is 65.8 Å². The zero-order valence-corrected chi connectivity index (χ0v) is 17.5. The molecule has 0 bridgehead atoms. The Hall–Kier alpha value is -2.50. The first kappa shape index (κ1) is 18.5. The summed E-state index contributed by atoms with van der Waals surface area (Å²) >= 11 is 8.10. The first-order chi connectivity index (χ1) is 14.3. The summed E-state index contributed by atoms with van der Waals surface area (Å²) in [5.74, 6) is 0.881. The van der Waals surface area contributed by atoms with Crippen LogP contribution >= 0.6 is 23.4 Å². The number of aromatic nitrogens is 1. The highest BCUT2D eigenvalue weighted by Crippen LogP contribution is 2.32. The molecule has 1 fully saturated rings. The molecule has 3 heterocycles. The van der Waals surface area contributed by atoms with Crippen molar-refractivity contribution in [3.8, 4) is 0 Å². The lowest BCUT2D eigenvalue weighted by Gasteiger charge is -2.36. The summed E-state index contributed by atoms with van der Waals surface area (Å²) in [5.41, 5.74) is 1.26. The molecule has 1 saturated heterocycles. The molecule has 146 valence electrons. The summed E-state index contributed by atoms with van der Waals surface area (Å²) in [6.45, 7) is 4.42. The van der Waals surface area contributed by atoms with E-state index < -0.39 is 0 Å². The molecule has 4 nitrogen and oxygen atoms in total. The standard InChI is InChI=1S/C23H21ClN4S/c24-21-9-4-10-25-22(21)27-11-13-28(14-12-27)23-26-16-19(29-23)15-18-7-3-6-17-5-1-2-8-20(17)18/h1-10,15H,11-14,16H2. The van der Waals surface area contributed by atoms with Gasteiger partial charge in [0.25, 0.3) is 0 Å². The molecule has 2 aromatic carbocycles. The van der Waals surface area contributed by atoms with Gasteiger partial charge >= 0.3 is 0 Å². The molecule has 6 heteroatoms. The molecule has 2 aliphatic heterocycles. The second-order valence-corrected chi connectivity index (χ2v) is 8.66. The number of nitrogens with zero attached hydrogens (tertiary/aromatic N) is 4. The summed E-state index contributed by atoms with van der Waals surface area (Å²) < 4.78 is 0. The maximum Gasteiger partial charge on any atom is 0.164 e. The van der Waals surface area contributed by atoms with Gasteiger partial charge in [0.05, 0.1) is 11.6 Å². The molecule has 0 N–H and O–H groups in total. The van der Waals surface area contributed by atoms with Crippen LogP contribution in [0.3, 0.4) is 0 Å². The Morgan fingerprint density at radius 1 is 0.897 bits per heavy atom. The van der Waals surface area contributed by atoms with Gasteiger partial charge in [0.15, 0.2) is 5.17 Å². The topological polar surface area (TPSA) is 31.7 Å². The molecule has 5 rings (SSSR count). The van der Waals surface area contributed by atoms with E-state index in [1.807, 2.05) is 12.1 Å². The zero-order valence-electron chi connectivity index (χ0n) is 16.0. The summed E-state index contributed by atoms with van der Waals surface area (Å²) in [6, 6.07) is 18.8. The first-order valence-corrected chi connectivity index (χ1v) is 11.0. The minimum atomic E-state index is 0.717. The number of fused-ring (bicyclic) bond motifs is 1. The molecule has 0 amide bonds. The van der Waals surface area contributed by atoms with E-state index in [4.69, 9.17) is 16.6 Å². The van der Waals surface area contributed by atoms with Crippen LogP contribution in [0.1, 0.15) is 5.56 Å². The SMILES string of the molecule is Clc1cccnc1N1CCN(C2=NCC(=Cc3cccc4ccccc34)S2)CC1. The van der Waals surface area contributed by atoms with Gasteiger partial charge in [-0.2, -0.15) is 0 Å². The number of anilines is 1. The van der Waals surface area contributed by atoms with E-state index in [0.29, 0.717) is 5.02 Å². The number of aliphatic imine (C=N–C) groups is 1. The Balaban J connectivity index is 1.26. The second-order valence-electron chi connectivity index (χ2n) is 7.16. The molecule has 0 radical (unpaired) electrons. The van der Waals surface area contributed by atoms with Crippen LogP contribution in [0, 0.1) is 0 Å². The predicted octanol–water partition coefficient (Wildman–Crippen LogP) is 5.15. The van der Waals surface area contributed by atoms with Crippen LogP contribution in [0.25, 0.3) is 16.8 Å². The van der Waals surface area contributed by atoms with Crippen LogP contribution in [-0.4, -0.2) is 47.8 Å². The zero-order chi connectivity index (χ0) is 19.6. The average Bonchev–Trinajstić information content (AvgIpc) is 3.23. The molecule has 2 aliphatic rings. The lowest BCUT2D eigenvalue weighted by molar-refractivity contribution is 0.391. The molecule has 0 spiro atoms. The van der Waals surface area contributed by atoms with Gasteiger partial charge in [-0.05, 0) is 34.5 Å². The van der Waals surface area contributed by atoms with Crippen molar-refractivity contribution in [1.82, 2.24) is 9.88 Å². The number of halogens is 1. The van der Waals surface area contributed by atoms with E-state index in [9.17, 15) is 0 Å². The van der Waals surface area contributed by atoms with E-state index in [-0.39, 0.29) is 0 Å². The van der Waals surface area contributed by atoms with Crippen molar-refractivity contribution in [3.05, 3.63) is 76.3 Å². The molecule has 0 atom stereocenters. The molecule has 29 heavy (non-hydrogen) atoms. The number of hydrogen-bond donors (Lipinski definition) is 0. The highest BCUT2D eigenvalue weighted by molar-refractivity contribution is 8.17. The minimum Gasteiger partial charge on any atom is -0.352 e. The lowest BCUT2D eigenvalue weighted by Crippen LogP contribution is -2.48. The Kier molecular flexibility index (Phi) is 5.17. The summed E-state index contributed by atoms with van der Waals surface area (Å²) in [4.78, 5) is 15.2. The highest BCUT2D eigenvalue weighted by Gasteiger charge is 2.25. The Morgan fingerprint density at radius 3 is 2.55 bits per heavy atom. The van der Waals surface area contributed by atoms with E-state index >= 15 is 0 Å². The van der Waals surface area contributed by atoms with Crippen molar-refractivity contribution >= 4 is 51.2 Å². The third kappa shape index (κ3) is 3.85. The summed E-state index contributed by atoms with van der Waals surface area (Å²) in [5, 5.41) is 4.41. The van der Waals surface area contributed by atoms with E-state index in [0.717, 1.165) is 43.7 Å². The van der Waals surface area contributed by atoms with Gasteiger partial charge in [-0.25, -0.2) is 4.98 Å². The van der Waals surface area contributed by atoms with Crippen LogP contribution in [-0.2, 0) is 0 Å². The highest BCUT2D eigenvalue weighted by atomic mass is 35.5. The van der Waals surface area contributed by atoms with Crippen molar-refractivity contribution < 1.29 is 0 Å². The predicted molar refractivity (Wildman–Crippen MR) is 125 cm³/mol. The fourth-order valence-electron chi connectivity index (χ4n) is 3.84. The molecule has 3 aromatic rings. The number of hydrogen-bond acceptors (Lipinski definition) is 5. The van der Waals surface area contributed by atoms with Gasteiger partial charge in [0, 0.05) is 37.3 Å². The normalized spacial score (nSPS) is 18.5. The molecule has 0 unspecified atom stereocenters.